The Labute approximate surface area is 116 Å². The maximum atomic E-state index is 13.6. The van der Waals surface area contributed by atoms with Gasteiger partial charge in [0.15, 0.2) is 29.1 Å². The van der Waals surface area contributed by atoms with E-state index in [2.05, 4.69) is 4.98 Å². The lowest BCUT2D eigenvalue weighted by Gasteiger charge is -2.07. The van der Waals surface area contributed by atoms with Crippen LogP contribution in [0.15, 0.2) is 30.5 Å². The Morgan fingerprint density at radius 3 is 2.00 bits per heavy atom. The molecule has 0 aliphatic heterocycles. The monoisotopic (exact) mass is 294 g/mol. The minimum atomic E-state index is -2.17. The molecule has 0 unspecified atom stereocenters. The summed E-state index contributed by atoms with van der Waals surface area (Å²) in [5.41, 5.74) is -0.715. The molecule has 0 atom stereocenters. The first-order valence-corrected chi connectivity index (χ1v) is 5.93. The van der Waals surface area contributed by atoms with Gasteiger partial charge in [-0.3, -0.25) is 0 Å². The number of nitrogens with one attached hydrogen (secondary N) is 1. The van der Waals surface area contributed by atoms with Crippen LogP contribution in [-0.4, -0.2) is 12.3 Å². The summed E-state index contributed by atoms with van der Waals surface area (Å²) in [4.78, 5) is 2.74. The van der Waals surface area contributed by atoms with Gasteiger partial charge >= 0.3 is 0 Å². The highest BCUT2D eigenvalue weighted by molar-refractivity contribution is 6.69. The van der Waals surface area contributed by atoms with Gasteiger partial charge in [0.05, 0.1) is 0 Å². The summed E-state index contributed by atoms with van der Waals surface area (Å²) in [6, 6.07) is 6.88. The van der Waals surface area contributed by atoms with Crippen LogP contribution in [0.5, 0.6) is 0 Å². The molecule has 1 radical (unpaired) electrons. The van der Waals surface area contributed by atoms with Crippen LogP contribution in [0.25, 0.3) is 10.8 Å². The summed E-state index contributed by atoms with van der Waals surface area (Å²) in [5.74, 6) is -9.80. The van der Waals surface area contributed by atoms with Gasteiger partial charge in [-0.25, -0.2) is 22.0 Å². The minimum absolute atomic E-state index is 0.258. The van der Waals surface area contributed by atoms with Gasteiger partial charge in [-0.2, -0.15) is 0 Å². The van der Waals surface area contributed by atoms with Crippen molar-refractivity contribution in [1.82, 2.24) is 4.98 Å². The Bertz CT molecular complexity index is 814. The van der Waals surface area contributed by atoms with E-state index in [9.17, 15) is 22.0 Å². The molecule has 0 saturated heterocycles. The predicted octanol–water partition coefficient (Wildman–Crippen LogP) is 2.52. The quantitative estimate of drug-likeness (QED) is 0.323. The molecule has 0 fully saturated rings. The Kier molecular flexibility index (Phi) is 3.20. The van der Waals surface area contributed by atoms with Crippen molar-refractivity contribution in [2.24, 2.45) is 0 Å². The van der Waals surface area contributed by atoms with Gasteiger partial charge in [0.1, 0.15) is 0 Å². The fourth-order valence-electron chi connectivity index (χ4n) is 2.11. The lowest BCUT2D eigenvalue weighted by Crippen LogP contribution is -2.35. The summed E-state index contributed by atoms with van der Waals surface area (Å²) < 4.78 is 66.5. The molecule has 1 nitrogen and oxygen atoms in total. The van der Waals surface area contributed by atoms with Crippen LogP contribution in [0.3, 0.4) is 0 Å². The minimum Gasteiger partial charge on any atom is -0.372 e. The van der Waals surface area contributed by atoms with Gasteiger partial charge in [-0.05, 0) is 21.8 Å². The SMILES string of the molecule is Fc1c(F)c(F)c([B]c2[nH]cc3ccccc23)c(F)c1F. The van der Waals surface area contributed by atoms with E-state index in [1.807, 2.05) is 0 Å². The Hall–Kier alpha value is -2.31. The maximum absolute atomic E-state index is 13.6. The lowest BCUT2D eigenvalue weighted by atomic mass is 9.65. The zero-order chi connectivity index (χ0) is 15.1. The standard InChI is InChI=1S/C14H6BF5N/c16-9-8(10(17)12(19)13(20)11(9)18)15-14-7-4-2-1-3-6(7)5-21-14/h1-5,21H. The van der Waals surface area contributed by atoms with Crippen LogP contribution in [0.2, 0.25) is 0 Å². The highest BCUT2D eigenvalue weighted by Gasteiger charge is 2.26. The van der Waals surface area contributed by atoms with E-state index in [0.29, 0.717) is 5.39 Å². The molecule has 0 spiro atoms. The van der Waals surface area contributed by atoms with Crippen molar-refractivity contribution >= 4 is 29.1 Å². The molecule has 1 N–H and O–H groups in total. The van der Waals surface area contributed by atoms with Crippen LogP contribution >= 0.6 is 0 Å². The van der Waals surface area contributed by atoms with Gasteiger partial charge in [0.25, 0.3) is 0 Å². The molecule has 0 bridgehead atoms. The summed E-state index contributed by atoms with van der Waals surface area (Å²) in [6.07, 6.45) is 1.58. The summed E-state index contributed by atoms with van der Waals surface area (Å²) in [5, 5.41) is 1.37. The van der Waals surface area contributed by atoms with Crippen LogP contribution in [-0.2, 0) is 0 Å². The first-order valence-electron chi connectivity index (χ1n) is 5.93. The third-order valence-corrected chi connectivity index (χ3v) is 3.17. The normalized spacial score (nSPS) is 11.1. The molecule has 0 amide bonds. The topological polar surface area (TPSA) is 15.8 Å². The maximum Gasteiger partial charge on any atom is 0.222 e. The molecule has 7 heteroatoms. The van der Waals surface area contributed by atoms with Gasteiger partial charge in [0, 0.05) is 6.20 Å². The number of halogens is 5. The van der Waals surface area contributed by atoms with Crippen molar-refractivity contribution in [1.29, 1.82) is 0 Å². The van der Waals surface area contributed by atoms with E-state index in [0.717, 1.165) is 12.7 Å². The van der Waals surface area contributed by atoms with Crippen LogP contribution in [0, 0.1) is 29.1 Å². The molecule has 2 aromatic carbocycles. The van der Waals surface area contributed by atoms with Crippen molar-refractivity contribution < 1.29 is 22.0 Å². The van der Waals surface area contributed by atoms with E-state index in [-0.39, 0.29) is 5.59 Å². The van der Waals surface area contributed by atoms with Crippen LogP contribution in [0.1, 0.15) is 0 Å². The average Bonchev–Trinajstić information content (AvgIpc) is 2.91. The van der Waals surface area contributed by atoms with Gasteiger partial charge in [0.2, 0.25) is 7.28 Å². The zero-order valence-electron chi connectivity index (χ0n) is 10.4. The number of benzene rings is 2. The zero-order valence-corrected chi connectivity index (χ0v) is 10.4. The van der Waals surface area contributed by atoms with Crippen LogP contribution in [0.4, 0.5) is 22.0 Å². The largest absolute Gasteiger partial charge is 0.372 e. The first kappa shape index (κ1) is 13.7. The number of hydrogen-bond donors (Lipinski definition) is 1. The molecule has 0 saturated carbocycles. The Balaban J connectivity index is 2.14. The van der Waals surface area contributed by atoms with Crippen LogP contribution < -0.4 is 11.1 Å². The number of fused-ring (bicyclic) bond motifs is 1. The molecule has 1 heterocycles. The Morgan fingerprint density at radius 2 is 1.33 bits per heavy atom. The second-order valence-electron chi connectivity index (χ2n) is 4.42. The first-order chi connectivity index (χ1) is 10.0. The van der Waals surface area contributed by atoms with Crippen molar-refractivity contribution in [3.05, 3.63) is 59.5 Å². The summed E-state index contributed by atoms with van der Waals surface area (Å²) in [7, 11) is 0.901. The van der Waals surface area contributed by atoms with Gasteiger partial charge < -0.3 is 4.98 Å². The number of H-pyrrole nitrogens is 1. The highest BCUT2D eigenvalue weighted by atomic mass is 19.2. The molecular formula is C14H6BF5N. The number of aromatic nitrogens is 1. The lowest BCUT2D eigenvalue weighted by molar-refractivity contribution is 0.384. The second kappa shape index (κ2) is 4.91. The number of hydrogen-bond acceptors (Lipinski definition) is 0. The molecule has 3 aromatic rings. The smallest absolute Gasteiger partial charge is 0.222 e. The third-order valence-electron chi connectivity index (χ3n) is 3.17. The molecule has 0 aliphatic rings. The van der Waals surface area contributed by atoms with E-state index >= 15 is 0 Å². The highest BCUT2D eigenvalue weighted by Crippen LogP contribution is 2.16. The fourth-order valence-corrected chi connectivity index (χ4v) is 2.11. The average molecular weight is 294 g/mol. The summed E-state index contributed by atoms with van der Waals surface area (Å²) >= 11 is 0. The fraction of sp³-hybridized carbons (Fsp3) is 0. The molecule has 1 aromatic heterocycles. The van der Waals surface area contributed by atoms with E-state index in [1.54, 1.807) is 30.5 Å². The molecule has 3 rings (SSSR count). The van der Waals surface area contributed by atoms with Crippen molar-refractivity contribution in [3.8, 4) is 0 Å². The molecule has 21 heavy (non-hydrogen) atoms. The molecular weight excluding hydrogens is 288 g/mol. The molecule has 0 aliphatic carbocycles. The number of aromatic amines is 1. The van der Waals surface area contributed by atoms with E-state index in [4.69, 9.17) is 0 Å². The van der Waals surface area contributed by atoms with Gasteiger partial charge in [-0.15, -0.1) is 0 Å². The van der Waals surface area contributed by atoms with Gasteiger partial charge in [-0.1, -0.05) is 24.3 Å². The second-order valence-corrected chi connectivity index (χ2v) is 4.42. The van der Waals surface area contributed by atoms with Crippen molar-refractivity contribution in [3.63, 3.8) is 0 Å². The van der Waals surface area contributed by atoms with Crippen molar-refractivity contribution in [2.75, 3.05) is 0 Å². The Morgan fingerprint density at radius 1 is 0.762 bits per heavy atom. The predicted molar refractivity (Wildman–Crippen MR) is 69.6 cm³/mol. The number of rotatable bonds is 2. The van der Waals surface area contributed by atoms with E-state index < -0.39 is 34.5 Å². The van der Waals surface area contributed by atoms with E-state index in [1.165, 1.54) is 0 Å². The third kappa shape index (κ3) is 2.09. The summed E-state index contributed by atoms with van der Waals surface area (Å²) in [6.45, 7) is 0. The van der Waals surface area contributed by atoms with Crippen molar-refractivity contribution in [2.45, 2.75) is 0 Å². The molecule has 105 valence electrons.